The van der Waals surface area contributed by atoms with Gasteiger partial charge in [0.15, 0.2) is 0 Å². The summed E-state index contributed by atoms with van der Waals surface area (Å²) in [5, 5.41) is 7.18. The fourth-order valence-electron chi connectivity index (χ4n) is 17.9. The Bertz CT molecular complexity index is 6810. The van der Waals surface area contributed by atoms with Crippen molar-refractivity contribution in [2.24, 2.45) is 0 Å². The largest absolute Gasteiger partial charge is 0.455 e. The number of para-hydroxylation sites is 5. The van der Waals surface area contributed by atoms with Gasteiger partial charge in [-0.15, -0.1) is 0 Å². The Morgan fingerprint density at radius 3 is 1.41 bits per heavy atom. The fourth-order valence-corrected chi connectivity index (χ4v) is 17.9. The molecule has 2 aliphatic carbocycles. The van der Waals surface area contributed by atoms with Crippen LogP contribution in [0.15, 0.2) is 411 Å². The van der Waals surface area contributed by atoms with Crippen LogP contribution in [0.2, 0.25) is 0 Å². The Kier molecular flexibility index (Phi) is 15.5. The van der Waals surface area contributed by atoms with Crippen LogP contribution in [0, 0.1) is 0 Å². The summed E-state index contributed by atoms with van der Waals surface area (Å²) in [6.07, 6.45) is 8.77. The second kappa shape index (κ2) is 26.5. The molecular formula is C105H74N4O. The summed E-state index contributed by atoms with van der Waals surface area (Å²) in [6, 6.07) is 141. The molecule has 0 amide bonds. The lowest BCUT2D eigenvalue weighted by molar-refractivity contribution is 0.583. The average Bonchev–Trinajstić information content (AvgIpc) is 1.56. The zero-order valence-corrected chi connectivity index (χ0v) is 60.8. The minimum absolute atomic E-state index is 0.308. The number of rotatable bonds is 15. The first-order valence-corrected chi connectivity index (χ1v) is 38.3. The lowest BCUT2D eigenvalue weighted by Crippen LogP contribution is -2.24. The van der Waals surface area contributed by atoms with Crippen molar-refractivity contribution in [3.63, 3.8) is 0 Å². The van der Waals surface area contributed by atoms with Crippen LogP contribution >= 0.6 is 0 Å². The highest BCUT2D eigenvalue weighted by Crippen LogP contribution is 2.54. The van der Waals surface area contributed by atoms with Gasteiger partial charge < -0.3 is 23.4 Å². The van der Waals surface area contributed by atoms with Crippen molar-refractivity contribution in [2.75, 3.05) is 9.80 Å². The third kappa shape index (κ3) is 11.0. The van der Waals surface area contributed by atoms with E-state index >= 15 is 0 Å². The van der Waals surface area contributed by atoms with Crippen LogP contribution in [0.3, 0.4) is 0 Å². The molecule has 2 atom stereocenters. The molecule has 21 rings (SSSR count). The molecule has 0 fully saturated rings. The van der Waals surface area contributed by atoms with E-state index in [1.165, 1.54) is 93.7 Å². The Morgan fingerprint density at radius 2 is 0.782 bits per heavy atom. The summed E-state index contributed by atoms with van der Waals surface area (Å²) in [4.78, 5) is 4.85. The molecule has 0 bridgehead atoms. The maximum atomic E-state index is 6.53. The molecule has 0 spiro atoms. The lowest BCUT2D eigenvalue weighted by Gasteiger charge is -2.30. The molecule has 0 saturated carbocycles. The Hall–Kier alpha value is -14.0. The molecule has 2 unspecified atom stereocenters. The van der Waals surface area contributed by atoms with Gasteiger partial charge in [-0.1, -0.05) is 268 Å². The molecule has 0 aliphatic heterocycles. The molecule has 110 heavy (non-hydrogen) atoms. The molecule has 3 heterocycles. The molecule has 19 aromatic rings. The van der Waals surface area contributed by atoms with Crippen LogP contribution in [0.4, 0.5) is 28.4 Å². The van der Waals surface area contributed by atoms with Crippen molar-refractivity contribution in [1.82, 2.24) is 9.13 Å². The highest BCUT2D eigenvalue weighted by Gasteiger charge is 2.40. The maximum Gasteiger partial charge on any atom is 0.143 e. The van der Waals surface area contributed by atoms with Crippen LogP contribution in [0.1, 0.15) is 41.5 Å². The smallest absolute Gasteiger partial charge is 0.143 e. The number of allylic oxidation sites excluding steroid dienone is 3. The van der Waals surface area contributed by atoms with Crippen molar-refractivity contribution in [3.8, 4) is 67.0 Å². The van der Waals surface area contributed by atoms with Crippen LogP contribution < -0.4 is 9.80 Å². The zero-order chi connectivity index (χ0) is 72.8. The molecule has 0 saturated heterocycles. The number of anilines is 5. The summed E-state index contributed by atoms with van der Waals surface area (Å²) < 4.78 is 11.4. The first kappa shape index (κ1) is 64.4. The van der Waals surface area contributed by atoms with Gasteiger partial charge in [0.05, 0.1) is 22.1 Å². The van der Waals surface area contributed by atoms with Gasteiger partial charge in [0.25, 0.3) is 0 Å². The number of nitrogens with zero attached hydrogens (tertiary/aromatic N) is 4. The van der Waals surface area contributed by atoms with Crippen molar-refractivity contribution in [2.45, 2.75) is 31.1 Å². The van der Waals surface area contributed by atoms with Crippen molar-refractivity contribution < 1.29 is 4.42 Å². The number of hydrogen-bond donors (Lipinski definition) is 0. The van der Waals surface area contributed by atoms with Crippen molar-refractivity contribution >= 4 is 94.0 Å². The quantitative estimate of drug-likeness (QED) is 0.102. The van der Waals surface area contributed by atoms with E-state index in [0.717, 1.165) is 108 Å². The fraction of sp³-hybridized carbons (Fsp3) is 0.0476. The Balaban J connectivity index is 0.635. The number of furan rings is 1. The minimum Gasteiger partial charge on any atom is -0.455 e. The van der Waals surface area contributed by atoms with Gasteiger partial charge in [0.1, 0.15) is 11.2 Å². The van der Waals surface area contributed by atoms with Gasteiger partial charge in [-0.05, 0) is 225 Å². The van der Waals surface area contributed by atoms with E-state index in [1.807, 2.05) is 6.07 Å². The van der Waals surface area contributed by atoms with Gasteiger partial charge >= 0.3 is 0 Å². The van der Waals surface area contributed by atoms with Gasteiger partial charge in [-0.3, -0.25) is 0 Å². The topological polar surface area (TPSA) is 29.5 Å². The predicted molar refractivity (Wildman–Crippen MR) is 460 cm³/mol. The molecule has 5 nitrogen and oxygen atoms in total. The number of hydrogen-bond acceptors (Lipinski definition) is 3. The first-order valence-electron chi connectivity index (χ1n) is 38.3. The average molecular weight is 1410 g/mol. The molecule has 0 radical (unpaired) electrons. The highest BCUT2D eigenvalue weighted by molar-refractivity contribution is 6.13. The second-order valence-corrected chi connectivity index (χ2v) is 29.7. The Labute approximate surface area is 639 Å². The maximum absolute atomic E-state index is 6.53. The van der Waals surface area contributed by atoms with E-state index in [4.69, 9.17) is 4.42 Å². The Morgan fingerprint density at radius 1 is 0.327 bits per heavy atom. The van der Waals surface area contributed by atoms with E-state index in [1.54, 1.807) is 0 Å². The van der Waals surface area contributed by atoms with Gasteiger partial charge in [0.2, 0.25) is 0 Å². The van der Waals surface area contributed by atoms with Crippen LogP contribution in [-0.2, 0) is 11.8 Å². The van der Waals surface area contributed by atoms with Crippen LogP contribution in [0.5, 0.6) is 0 Å². The molecule has 0 N–H and O–H groups in total. The summed E-state index contributed by atoms with van der Waals surface area (Å²) >= 11 is 0. The van der Waals surface area contributed by atoms with E-state index in [-0.39, 0.29) is 5.41 Å². The van der Waals surface area contributed by atoms with Gasteiger partial charge in [-0.2, -0.15) is 0 Å². The van der Waals surface area contributed by atoms with E-state index in [9.17, 15) is 0 Å². The molecule has 520 valence electrons. The van der Waals surface area contributed by atoms with E-state index < -0.39 is 0 Å². The summed E-state index contributed by atoms with van der Waals surface area (Å²) in [5.74, 6) is 0.308. The van der Waals surface area contributed by atoms with Crippen LogP contribution in [-0.4, -0.2) is 9.13 Å². The van der Waals surface area contributed by atoms with Gasteiger partial charge in [-0.25, -0.2) is 0 Å². The van der Waals surface area contributed by atoms with Crippen molar-refractivity contribution in [1.29, 1.82) is 0 Å². The second-order valence-electron chi connectivity index (χ2n) is 29.7. The SMILES string of the molecule is CC1(Cc2ccc3c(c2)c2cc(-c4ccc(N(C5=CCC(c6ccccc6)C=C5)c5ccc(-c6cccc7c6oc6ccccc67)cc5)cc4)ccc2n3-c2ccccc2)c2ccccc2-c2ccc(N(c3ccc(-c4ccccc4)cc3)c3ccc(-c4ccc5c(c4)c4ccccc4n5-c4ccccc4)cc3)cc21. The van der Waals surface area contributed by atoms with Crippen molar-refractivity contribution in [3.05, 3.63) is 428 Å². The minimum atomic E-state index is -0.387. The summed E-state index contributed by atoms with van der Waals surface area (Å²) in [7, 11) is 0. The monoisotopic (exact) mass is 1410 g/mol. The van der Waals surface area contributed by atoms with E-state index in [0.29, 0.717) is 5.92 Å². The third-order valence-corrected chi connectivity index (χ3v) is 23.3. The highest BCUT2D eigenvalue weighted by atomic mass is 16.3. The normalized spacial score (nSPS) is 14.6. The predicted octanol–water partition coefficient (Wildman–Crippen LogP) is 28.2. The lowest BCUT2D eigenvalue weighted by atomic mass is 9.75. The molecule has 5 heteroatoms. The standard InChI is InChI=1S/C105H74N4O/c1-105(97-34-17-14-29-89(97)90-61-60-87(68-98(90)105)107(85-52-40-74(41-53-85)72-23-8-3-9-24-72)86-56-44-75(45-57-86)78-48-63-101-95(66-78)91-30-15-18-35-99(91)108(101)80-25-10-4-11-26-80)69-70-37-62-100-94(65-70)96-67-79(49-64-102(96)109(100)81-27-12-5-13-28-81)76-42-54-83(55-43-76)106(82-50-38-73(39-51-82)71-21-6-2-7-22-71)84-58-46-77(47-59-84)88-32-20-33-93-92-31-16-19-36-103(92)110-104(88)93/h2-38,40-68,73H,39,69H2,1H3. The third-order valence-electron chi connectivity index (χ3n) is 23.3. The number of fused-ring (bicyclic) bond motifs is 12. The molecule has 2 aliphatic rings. The first-order chi connectivity index (χ1) is 54.4. The zero-order valence-electron chi connectivity index (χ0n) is 60.8. The number of benzene rings is 16. The molecule has 3 aromatic heterocycles. The summed E-state index contributed by atoms with van der Waals surface area (Å²) in [5.41, 5.74) is 32.1. The number of aromatic nitrogens is 2. The molecular weight excluding hydrogens is 1330 g/mol. The van der Waals surface area contributed by atoms with Gasteiger partial charge in [0, 0.05) is 94.7 Å². The van der Waals surface area contributed by atoms with Crippen LogP contribution in [0.25, 0.3) is 133 Å². The van der Waals surface area contributed by atoms with E-state index in [2.05, 4.69) is 420 Å². The molecule has 16 aromatic carbocycles. The summed E-state index contributed by atoms with van der Waals surface area (Å²) in [6.45, 7) is 2.48.